The molecule has 0 saturated heterocycles. The van der Waals surface area contributed by atoms with E-state index in [1.54, 1.807) is 23.3 Å². The van der Waals surface area contributed by atoms with Gasteiger partial charge in [-0.25, -0.2) is 4.98 Å². The van der Waals surface area contributed by atoms with Gasteiger partial charge in [0.15, 0.2) is 5.69 Å². The van der Waals surface area contributed by atoms with Gasteiger partial charge in [0.1, 0.15) is 11.7 Å². The first-order valence-corrected chi connectivity index (χ1v) is 11.3. The maximum Gasteiger partial charge on any atom is 0.256 e. The molecule has 35 heavy (non-hydrogen) atoms. The highest BCUT2D eigenvalue weighted by molar-refractivity contribution is 6.35. The van der Waals surface area contributed by atoms with E-state index in [4.69, 9.17) is 11.6 Å². The number of carbonyl (C=O) groups excluding carboxylic acids is 1. The Balaban J connectivity index is 1.24. The molecule has 0 aliphatic carbocycles. The van der Waals surface area contributed by atoms with E-state index in [1.807, 2.05) is 60.4 Å². The number of carbonyl (C=O) groups is 1. The van der Waals surface area contributed by atoms with Crippen LogP contribution in [0.3, 0.4) is 0 Å². The Morgan fingerprint density at radius 2 is 1.86 bits per heavy atom. The average Bonchev–Trinajstić information content (AvgIpc) is 3.57. The molecule has 5 rings (SSSR count). The molecule has 9 nitrogen and oxygen atoms in total. The molecular weight excluding hydrogens is 464 g/mol. The van der Waals surface area contributed by atoms with Gasteiger partial charge in [-0.1, -0.05) is 35.9 Å². The summed E-state index contributed by atoms with van der Waals surface area (Å²) in [7, 11) is 0. The van der Waals surface area contributed by atoms with Crippen molar-refractivity contribution < 1.29 is 4.79 Å². The molecule has 0 saturated carbocycles. The molecule has 1 aromatic carbocycles. The summed E-state index contributed by atoms with van der Waals surface area (Å²) < 4.78 is 3.50. The first-order valence-electron chi connectivity index (χ1n) is 10.9. The molecule has 4 aromatic heterocycles. The van der Waals surface area contributed by atoms with Crippen molar-refractivity contribution >= 4 is 28.5 Å². The van der Waals surface area contributed by atoms with E-state index in [1.165, 1.54) is 0 Å². The van der Waals surface area contributed by atoms with E-state index >= 15 is 0 Å². The van der Waals surface area contributed by atoms with Gasteiger partial charge in [0.25, 0.3) is 5.91 Å². The Morgan fingerprint density at radius 1 is 1.11 bits per heavy atom. The van der Waals surface area contributed by atoms with Gasteiger partial charge in [0, 0.05) is 36.7 Å². The number of aromatic nitrogens is 6. The summed E-state index contributed by atoms with van der Waals surface area (Å²) in [5.74, 6) is -0.377. The molecule has 0 fully saturated rings. The van der Waals surface area contributed by atoms with Gasteiger partial charge in [-0.2, -0.15) is 15.5 Å². The molecule has 1 amide bonds. The summed E-state index contributed by atoms with van der Waals surface area (Å²) in [6.45, 7) is 3.39. The van der Waals surface area contributed by atoms with Crippen LogP contribution in [0.4, 0.5) is 0 Å². The number of benzene rings is 1. The average molecular weight is 485 g/mol. The lowest BCUT2D eigenvalue weighted by molar-refractivity contribution is 0.0950. The first-order chi connectivity index (χ1) is 17.0. The van der Waals surface area contributed by atoms with Crippen molar-refractivity contribution in [3.63, 3.8) is 0 Å². The molecule has 0 aliphatic rings. The van der Waals surface area contributed by atoms with Crippen molar-refractivity contribution in [2.45, 2.75) is 26.6 Å². The second-order valence-corrected chi connectivity index (χ2v) is 8.70. The van der Waals surface area contributed by atoms with Crippen LogP contribution in [0.1, 0.15) is 38.3 Å². The Morgan fingerprint density at radius 3 is 2.54 bits per heavy atom. The topological polar surface area (TPSA) is 117 Å². The zero-order valence-electron chi connectivity index (χ0n) is 18.9. The van der Waals surface area contributed by atoms with E-state index in [-0.39, 0.29) is 23.7 Å². The van der Waals surface area contributed by atoms with Crippen molar-refractivity contribution in [3.8, 4) is 6.07 Å². The number of fused-ring (bicyclic) bond motifs is 1. The summed E-state index contributed by atoms with van der Waals surface area (Å²) in [4.78, 5) is 20.1. The fourth-order valence-electron chi connectivity index (χ4n) is 3.82. The monoisotopic (exact) mass is 484 g/mol. The molecule has 0 spiro atoms. The van der Waals surface area contributed by atoms with Gasteiger partial charge in [0.2, 0.25) is 0 Å². The lowest BCUT2D eigenvalue weighted by atomic mass is 10.1. The zero-order valence-corrected chi connectivity index (χ0v) is 19.6. The third-order valence-corrected chi connectivity index (χ3v) is 5.89. The van der Waals surface area contributed by atoms with Crippen LogP contribution in [0.2, 0.25) is 5.02 Å². The fourth-order valence-corrected chi connectivity index (χ4v) is 4.02. The van der Waals surface area contributed by atoms with Crippen LogP contribution in [0, 0.1) is 18.3 Å². The van der Waals surface area contributed by atoms with E-state index in [9.17, 15) is 10.1 Å². The second-order valence-electron chi connectivity index (χ2n) is 8.29. The largest absolute Gasteiger partial charge is 0.348 e. The number of pyridine rings is 1. The fraction of sp³-hybridized carbons (Fsp3) is 0.160. The minimum Gasteiger partial charge on any atom is -0.348 e. The van der Waals surface area contributed by atoms with Gasteiger partial charge < -0.3 is 10.3 Å². The molecule has 174 valence electrons. The molecular formula is C25H21ClN8O. The number of nitrogens with one attached hydrogen (secondary N) is 2. The molecule has 4 heterocycles. The number of nitriles is 1. The smallest absolute Gasteiger partial charge is 0.256 e. The highest BCUT2D eigenvalue weighted by Gasteiger charge is 2.17. The van der Waals surface area contributed by atoms with Crippen molar-refractivity contribution in [3.05, 3.63) is 99.8 Å². The quantitative estimate of drug-likeness (QED) is 0.364. The normalized spacial score (nSPS) is 11.0. The van der Waals surface area contributed by atoms with E-state index in [2.05, 4.69) is 25.5 Å². The maximum absolute atomic E-state index is 12.8. The number of nitrogens with zero attached hydrogens (tertiary/aromatic N) is 6. The lowest BCUT2D eigenvalue weighted by Crippen LogP contribution is -2.23. The number of H-pyrrole nitrogens is 1. The minimum atomic E-state index is -0.377. The molecule has 10 heteroatoms. The summed E-state index contributed by atoms with van der Waals surface area (Å²) >= 11 is 6.15. The van der Waals surface area contributed by atoms with Crippen LogP contribution in [0.5, 0.6) is 0 Å². The van der Waals surface area contributed by atoms with Crippen molar-refractivity contribution in [1.29, 1.82) is 5.26 Å². The summed E-state index contributed by atoms with van der Waals surface area (Å²) in [6, 6.07) is 12.0. The highest BCUT2D eigenvalue weighted by atomic mass is 35.5. The third-order valence-electron chi connectivity index (χ3n) is 5.58. The summed E-state index contributed by atoms with van der Waals surface area (Å²) in [6.07, 6.45) is 8.76. The molecule has 0 unspecified atom stereocenters. The molecule has 2 N–H and O–H groups in total. The van der Waals surface area contributed by atoms with Crippen molar-refractivity contribution in [2.24, 2.45) is 0 Å². The Bertz CT molecular complexity index is 1550. The van der Waals surface area contributed by atoms with E-state index < -0.39 is 0 Å². The van der Waals surface area contributed by atoms with Crippen molar-refractivity contribution in [1.82, 2.24) is 34.8 Å². The number of rotatable bonds is 7. The van der Waals surface area contributed by atoms with Gasteiger partial charge in [-0.15, -0.1) is 0 Å². The van der Waals surface area contributed by atoms with Gasteiger partial charge in [-0.05, 0) is 35.2 Å². The lowest BCUT2D eigenvalue weighted by Gasteiger charge is -2.05. The van der Waals surface area contributed by atoms with Gasteiger partial charge in [-0.3, -0.25) is 14.2 Å². The number of aromatic amines is 1. The molecule has 0 bridgehead atoms. The second kappa shape index (κ2) is 9.44. The molecule has 0 radical (unpaired) electrons. The molecule has 0 atom stereocenters. The SMILES string of the molecule is Cc1cnn(Cc2ccc(Cn3cc(C(=O)NCc4cnc5[nH]cc(Cl)c5c4)c(C#N)n3)cc2)c1. The third kappa shape index (κ3) is 4.93. The predicted octanol–water partition coefficient (Wildman–Crippen LogP) is 3.82. The Labute approximate surface area is 206 Å². The van der Waals surface area contributed by atoms with E-state index in [0.29, 0.717) is 23.8 Å². The van der Waals surface area contributed by atoms with Gasteiger partial charge >= 0.3 is 0 Å². The van der Waals surface area contributed by atoms with Gasteiger partial charge in [0.05, 0.1) is 29.9 Å². The minimum absolute atomic E-state index is 0.0791. The number of aryl methyl sites for hydroxylation is 1. The Kier molecular flexibility index (Phi) is 6.04. The summed E-state index contributed by atoms with van der Waals surface area (Å²) in [5.41, 5.74) is 5.04. The predicted molar refractivity (Wildman–Crippen MR) is 131 cm³/mol. The first kappa shape index (κ1) is 22.4. The van der Waals surface area contributed by atoms with Crippen molar-refractivity contribution in [2.75, 3.05) is 0 Å². The standard InChI is InChI=1S/C25H21ClN8O/c1-16-8-31-33(12-16)13-17-2-4-18(5-3-17)14-34-15-21(23(7-27)32-34)25(35)30-10-19-6-20-22(26)11-29-24(20)28-9-19/h2-6,8-9,11-12,15H,10,13-14H2,1H3,(H,28,29)(H,30,35). The summed E-state index contributed by atoms with van der Waals surface area (Å²) in [5, 5.41) is 22.3. The van der Waals surface area contributed by atoms with E-state index in [0.717, 1.165) is 27.6 Å². The highest BCUT2D eigenvalue weighted by Crippen LogP contribution is 2.22. The number of hydrogen-bond donors (Lipinski definition) is 2. The maximum atomic E-state index is 12.8. The van der Waals surface area contributed by atoms with Crippen LogP contribution in [0.15, 0.2) is 61.3 Å². The number of hydrogen-bond acceptors (Lipinski definition) is 5. The van der Waals surface area contributed by atoms with Crippen LogP contribution in [0.25, 0.3) is 11.0 Å². The number of halogens is 1. The van der Waals surface area contributed by atoms with Crippen LogP contribution in [-0.4, -0.2) is 35.4 Å². The Hall–Kier alpha value is -4.42. The van der Waals surface area contributed by atoms with Crippen LogP contribution in [-0.2, 0) is 19.6 Å². The molecule has 0 aliphatic heterocycles. The van der Waals surface area contributed by atoms with Crippen LogP contribution < -0.4 is 5.32 Å². The zero-order chi connectivity index (χ0) is 24.4. The molecule has 5 aromatic rings. The number of amides is 1. The van der Waals surface area contributed by atoms with Crippen LogP contribution >= 0.6 is 11.6 Å².